The molecule has 0 atom stereocenters. The van der Waals surface area contributed by atoms with Gasteiger partial charge in [0.05, 0.1) is 6.61 Å². The van der Waals surface area contributed by atoms with Gasteiger partial charge in [0.25, 0.3) is 0 Å². The van der Waals surface area contributed by atoms with Crippen molar-refractivity contribution < 1.29 is 18.7 Å². The van der Waals surface area contributed by atoms with E-state index in [1.165, 1.54) is 13.8 Å². The Labute approximate surface area is 93.1 Å². The predicted octanol–water partition coefficient (Wildman–Crippen LogP) is 2.01. The number of alkyl halides is 1. The fraction of sp³-hybridized carbons (Fsp3) is 0.455. The van der Waals surface area contributed by atoms with E-state index in [1.807, 2.05) is 0 Å². The molecule has 2 rings (SSSR count). The van der Waals surface area contributed by atoms with Gasteiger partial charge in [-0.25, -0.2) is 10.3 Å². The third-order valence-electron chi connectivity index (χ3n) is 2.48. The molecule has 0 saturated heterocycles. The van der Waals surface area contributed by atoms with Crippen LogP contribution in [0.5, 0.6) is 11.5 Å². The highest BCUT2D eigenvalue weighted by Crippen LogP contribution is 2.39. The van der Waals surface area contributed by atoms with Gasteiger partial charge in [-0.05, 0) is 37.1 Å². The van der Waals surface area contributed by atoms with Gasteiger partial charge < -0.3 is 9.47 Å². The molecule has 0 unspecified atom stereocenters. The highest BCUT2D eigenvalue weighted by atomic mass is 19.1. The van der Waals surface area contributed by atoms with Crippen molar-refractivity contribution in [2.45, 2.75) is 26.1 Å². The number of fused-ring (bicyclic) bond motifs is 1. The van der Waals surface area contributed by atoms with Crippen molar-refractivity contribution in [2.75, 3.05) is 6.79 Å². The first kappa shape index (κ1) is 11.2. The van der Waals surface area contributed by atoms with Gasteiger partial charge in [0.2, 0.25) is 6.79 Å². The molecule has 5 heteroatoms. The van der Waals surface area contributed by atoms with Crippen molar-refractivity contribution in [1.82, 2.24) is 0 Å². The molecule has 1 aliphatic heterocycles. The minimum atomic E-state index is -1.48. The standard InChI is InChI=1S/C11H14FNO3/c1-11(2,12)8-4-10-9(14-6-15-10)3-7(8)5-16-13/h3-4H,5-6,13H2,1-2H3. The lowest BCUT2D eigenvalue weighted by molar-refractivity contribution is 0.119. The zero-order chi connectivity index (χ0) is 11.8. The molecule has 0 amide bonds. The molecule has 0 aliphatic carbocycles. The molecule has 1 aliphatic rings. The molecular formula is C11H14FNO3. The largest absolute Gasteiger partial charge is 0.454 e. The van der Waals surface area contributed by atoms with E-state index in [0.717, 1.165) is 0 Å². The lowest BCUT2D eigenvalue weighted by Gasteiger charge is -2.19. The first-order valence-corrected chi connectivity index (χ1v) is 4.96. The van der Waals surface area contributed by atoms with Crippen LogP contribution in [0.15, 0.2) is 12.1 Å². The third-order valence-corrected chi connectivity index (χ3v) is 2.48. The van der Waals surface area contributed by atoms with Crippen molar-refractivity contribution in [3.63, 3.8) is 0 Å². The van der Waals surface area contributed by atoms with E-state index in [0.29, 0.717) is 22.6 Å². The third kappa shape index (κ3) is 1.96. The van der Waals surface area contributed by atoms with Gasteiger partial charge in [-0.3, -0.25) is 4.84 Å². The molecule has 0 aromatic heterocycles. The van der Waals surface area contributed by atoms with Crippen LogP contribution in [0.2, 0.25) is 0 Å². The van der Waals surface area contributed by atoms with E-state index >= 15 is 0 Å². The second-order valence-corrected chi connectivity index (χ2v) is 4.15. The number of benzene rings is 1. The Kier molecular flexibility index (Phi) is 2.73. The fourth-order valence-corrected chi connectivity index (χ4v) is 1.75. The number of hydrogen-bond acceptors (Lipinski definition) is 4. The van der Waals surface area contributed by atoms with Gasteiger partial charge in [0, 0.05) is 0 Å². The molecule has 1 heterocycles. The van der Waals surface area contributed by atoms with Crippen LogP contribution in [0, 0.1) is 0 Å². The van der Waals surface area contributed by atoms with E-state index in [9.17, 15) is 4.39 Å². The highest BCUT2D eigenvalue weighted by Gasteiger charge is 2.26. The van der Waals surface area contributed by atoms with Gasteiger partial charge in [0.1, 0.15) is 5.67 Å². The molecular weight excluding hydrogens is 213 g/mol. The van der Waals surface area contributed by atoms with Crippen LogP contribution in [0.25, 0.3) is 0 Å². The molecule has 0 radical (unpaired) electrons. The molecule has 1 aromatic carbocycles. The van der Waals surface area contributed by atoms with Gasteiger partial charge in [-0.2, -0.15) is 0 Å². The molecule has 4 nitrogen and oxygen atoms in total. The van der Waals surface area contributed by atoms with Crippen LogP contribution in [0.4, 0.5) is 4.39 Å². The SMILES string of the molecule is CC(C)(F)c1cc2c(cc1CON)OCO2. The highest BCUT2D eigenvalue weighted by molar-refractivity contribution is 5.50. The molecule has 16 heavy (non-hydrogen) atoms. The maximum absolute atomic E-state index is 14.0. The van der Waals surface area contributed by atoms with Gasteiger partial charge in [-0.1, -0.05) is 0 Å². The maximum Gasteiger partial charge on any atom is 0.231 e. The summed E-state index contributed by atoms with van der Waals surface area (Å²) >= 11 is 0. The zero-order valence-electron chi connectivity index (χ0n) is 9.25. The van der Waals surface area contributed by atoms with E-state index < -0.39 is 5.67 Å². The Morgan fingerprint density at radius 3 is 2.56 bits per heavy atom. The van der Waals surface area contributed by atoms with E-state index in [4.69, 9.17) is 15.4 Å². The van der Waals surface area contributed by atoms with Crippen LogP contribution < -0.4 is 15.4 Å². The Bertz CT molecular complexity index is 401. The monoisotopic (exact) mass is 227 g/mol. The Balaban J connectivity index is 2.49. The maximum atomic E-state index is 14.0. The van der Waals surface area contributed by atoms with Gasteiger partial charge in [0.15, 0.2) is 11.5 Å². The van der Waals surface area contributed by atoms with E-state index in [1.54, 1.807) is 12.1 Å². The predicted molar refractivity (Wildman–Crippen MR) is 55.7 cm³/mol. The summed E-state index contributed by atoms with van der Waals surface area (Å²) in [6.45, 7) is 3.25. The minimum Gasteiger partial charge on any atom is -0.454 e. The van der Waals surface area contributed by atoms with Crippen LogP contribution in [0.1, 0.15) is 25.0 Å². The van der Waals surface area contributed by atoms with Gasteiger partial charge in [-0.15, -0.1) is 0 Å². The summed E-state index contributed by atoms with van der Waals surface area (Å²) in [5.41, 5.74) is -0.309. The van der Waals surface area contributed by atoms with Crippen molar-refractivity contribution in [2.24, 2.45) is 5.90 Å². The number of nitrogens with two attached hydrogens (primary N) is 1. The van der Waals surface area contributed by atoms with Crippen molar-refractivity contribution in [3.8, 4) is 11.5 Å². The average Bonchev–Trinajstić information content (AvgIpc) is 2.62. The lowest BCUT2D eigenvalue weighted by Crippen LogP contribution is -2.14. The number of halogens is 1. The fourth-order valence-electron chi connectivity index (χ4n) is 1.75. The first-order valence-electron chi connectivity index (χ1n) is 4.96. The Hall–Kier alpha value is -1.33. The molecule has 1 aromatic rings. The normalized spacial score (nSPS) is 14.2. The molecule has 0 spiro atoms. The average molecular weight is 227 g/mol. The second-order valence-electron chi connectivity index (χ2n) is 4.15. The summed E-state index contributed by atoms with van der Waals surface area (Å²) in [4.78, 5) is 4.56. The molecule has 0 saturated carbocycles. The zero-order valence-corrected chi connectivity index (χ0v) is 9.25. The minimum absolute atomic E-state index is 0.138. The van der Waals surface area contributed by atoms with Crippen molar-refractivity contribution in [3.05, 3.63) is 23.3 Å². The summed E-state index contributed by atoms with van der Waals surface area (Å²) < 4.78 is 24.4. The number of ether oxygens (including phenoxy) is 2. The summed E-state index contributed by atoms with van der Waals surface area (Å²) in [7, 11) is 0. The summed E-state index contributed by atoms with van der Waals surface area (Å²) in [5, 5.41) is 0. The van der Waals surface area contributed by atoms with Crippen LogP contribution in [-0.4, -0.2) is 6.79 Å². The smallest absolute Gasteiger partial charge is 0.231 e. The molecule has 88 valence electrons. The molecule has 2 N–H and O–H groups in total. The summed E-state index contributed by atoms with van der Waals surface area (Å²) in [6.07, 6.45) is 0. The number of rotatable bonds is 3. The Morgan fingerprint density at radius 2 is 2.00 bits per heavy atom. The molecule has 0 bridgehead atoms. The first-order chi connectivity index (χ1) is 7.52. The summed E-state index contributed by atoms with van der Waals surface area (Å²) in [6, 6.07) is 3.34. The summed E-state index contributed by atoms with van der Waals surface area (Å²) in [5.74, 6) is 6.18. The lowest BCUT2D eigenvalue weighted by atomic mass is 9.94. The number of hydrogen-bond donors (Lipinski definition) is 1. The van der Waals surface area contributed by atoms with E-state index in [2.05, 4.69) is 4.84 Å². The molecule has 0 fully saturated rings. The second kappa shape index (κ2) is 3.92. The van der Waals surface area contributed by atoms with Crippen LogP contribution in [-0.2, 0) is 17.1 Å². The van der Waals surface area contributed by atoms with Gasteiger partial charge >= 0.3 is 0 Å². The Morgan fingerprint density at radius 1 is 1.38 bits per heavy atom. The van der Waals surface area contributed by atoms with Crippen LogP contribution >= 0.6 is 0 Å². The topological polar surface area (TPSA) is 53.7 Å². The van der Waals surface area contributed by atoms with E-state index in [-0.39, 0.29) is 13.4 Å². The van der Waals surface area contributed by atoms with Crippen molar-refractivity contribution in [1.29, 1.82) is 0 Å². The van der Waals surface area contributed by atoms with Crippen molar-refractivity contribution >= 4 is 0 Å². The quantitative estimate of drug-likeness (QED) is 0.802. The van der Waals surface area contributed by atoms with Crippen LogP contribution in [0.3, 0.4) is 0 Å².